The van der Waals surface area contributed by atoms with E-state index in [1.807, 2.05) is 51.2 Å². The summed E-state index contributed by atoms with van der Waals surface area (Å²) >= 11 is 0. The normalized spacial score (nSPS) is 11.8. The minimum Gasteiger partial charge on any atom is -0.497 e. The first-order valence-corrected chi connectivity index (χ1v) is 5.63. The minimum absolute atomic E-state index is 0.0951. The molecule has 0 unspecified atom stereocenters. The van der Waals surface area contributed by atoms with Gasteiger partial charge in [0, 0.05) is 17.0 Å². The van der Waals surface area contributed by atoms with Gasteiger partial charge in [-0.2, -0.15) is 0 Å². The summed E-state index contributed by atoms with van der Waals surface area (Å²) in [6.07, 6.45) is 1.82. The average molecular weight is 231 g/mol. The van der Waals surface area contributed by atoms with Gasteiger partial charge in [-0.05, 0) is 24.3 Å². The fraction of sp³-hybridized carbons (Fsp3) is 0.357. The molecule has 3 heteroatoms. The van der Waals surface area contributed by atoms with Crippen LogP contribution >= 0.6 is 0 Å². The van der Waals surface area contributed by atoms with Gasteiger partial charge >= 0.3 is 0 Å². The number of hydrogen-bond acceptors (Lipinski definition) is 2. The second-order valence-corrected chi connectivity index (χ2v) is 5.17. The molecule has 3 nitrogen and oxygen atoms in total. The van der Waals surface area contributed by atoms with Crippen molar-refractivity contribution in [2.24, 2.45) is 5.41 Å². The molecule has 2 aromatic rings. The first-order valence-electron chi connectivity index (χ1n) is 5.63. The maximum Gasteiger partial charge on any atom is 0.236 e. The van der Waals surface area contributed by atoms with Crippen LogP contribution in [0.4, 0.5) is 0 Å². The van der Waals surface area contributed by atoms with E-state index >= 15 is 0 Å². The van der Waals surface area contributed by atoms with Crippen molar-refractivity contribution in [3.8, 4) is 5.75 Å². The molecule has 0 radical (unpaired) electrons. The van der Waals surface area contributed by atoms with Crippen LogP contribution in [0.5, 0.6) is 5.75 Å². The maximum atomic E-state index is 12.2. The summed E-state index contributed by atoms with van der Waals surface area (Å²) in [6.45, 7) is 5.76. The van der Waals surface area contributed by atoms with Crippen molar-refractivity contribution < 1.29 is 9.53 Å². The second-order valence-electron chi connectivity index (χ2n) is 5.17. The number of ether oxygens (including phenoxy) is 1. The predicted octanol–water partition coefficient (Wildman–Crippen LogP) is 3.34. The molecule has 1 heterocycles. The number of aromatic nitrogens is 1. The van der Waals surface area contributed by atoms with Crippen molar-refractivity contribution >= 4 is 16.8 Å². The zero-order chi connectivity index (χ0) is 12.6. The molecule has 0 atom stereocenters. The monoisotopic (exact) mass is 231 g/mol. The third-order valence-corrected chi connectivity index (χ3v) is 2.76. The zero-order valence-corrected chi connectivity index (χ0v) is 10.7. The highest BCUT2D eigenvalue weighted by Gasteiger charge is 2.23. The van der Waals surface area contributed by atoms with Crippen molar-refractivity contribution in [1.82, 2.24) is 4.57 Å². The Morgan fingerprint density at radius 1 is 1.24 bits per heavy atom. The molecular weight excluding hydrogens is 214 g/mol. The van der Waals surface area contributed by atoms with Crippen LogP contribution in [0.15, 0.2) is 30.5 Å². The molecule has 2 rings (SSSR count). The Morgan fingerprint density at radius 2 is 1.94 bits per heavy atom. The van der Waals surface area contributed by atoms with Gasteiger partial charge in [-0.25, -0.2) is 0 Å². The van der Waals surface area contributed by atoms with Gasteiger partial charge < -0.3 is 4.74 Å². The largest absolute Gasteiger partial charge is 0.497 e. The molecule has 90 valence electrons. The number of hydrogen-bond donors (Lipinski definition) is 0. The fourth-order valence-corrected chi connectivity index (χ4v) is 1.79. The predicted molar refractivity (Wildman–Crippen MR) is 68.6 cm³/mol. The van der Waals surface area contributed by atoms with Crippen molar-refractivity contribution in [2.75, 3.05) is 7.11 Å². The number of rotatable bonds is 1. The summed E-state index contributed by atoms with van der Waals surface area (Å²) in [5.41, 5.74) is 0.539. The van der Waals surface area contributed by atoms with Gasteiger partial charge in [0.05, 0.1) is 12.6 Å². The van der Waals surface area contributed by atoms with Crippen LogP contribution in [-0.4, -0.2) is 17.6 Å². The third-order valence-electron chi connectivity index (χ3n) is 2.76. The lowest BCUT2D eigenvalue weighted by Gasteiger charge is -2.17. The number of carbonyl (C=O) groups excluding carboxylic acids is 1. The van der Waals surface area contributed by atoms with E-state index in [1.54, 1.807) is 11.7 Å². The highest BCUT2D eigenvalue weighted by atomic mass is 16.5. The van der Waals surface area contributed by atoms with Crippen LogP contribution in [-0.2, 0) is 0 Å². The van der Waals surface area contributed by atoms with Crippen LogP contribution < -0.4 is 4.74 Å². The number of fused-ring (bicyclic) bond motifs is 1. The van der Waals surface area contributed by atoms with Gasteiger partial charge in [-0.1, -0.05) is 20.8 Å². The number of nitrogens with zero attached hydrogens (tertiary/aromatic N) is 1. The van der Waals surface area contributed by atoms with E-state index in [2.05, 4.69) is 0 Å². The minimum atomic E-state index is -0.383. The first kappa shape index (κ1) is 11.7. The van der Waals surface area contributed by atoms with E-state index < -0.39 is 0 Å². The topological polar surface area (TPSA) is 31.2 Å². The molecule has 0 amide bonds. The fourth-order valence-electron chi connectivity index (χ4n) is 1.79. The molecular formula is C14H17NO2. The molecule has 17 heavy (non-hydrogen) atoms. The molecule has 0 bridgehead atoms. The number of methoxy groups -OCH3 is 1. The highest BCUT2D eigenvalue weighted by Crippen LogP contribution is 2.25. The van der Waals surface area contributed by atoms with E-state index in [1.165, 1.54) is 0 Å². The van der Waals surface area contributed by atoms with Gasteiger partial charge in [0.15, 0.2) is 0 Å². The summed E-state index contributed by atoms with van der Waals surface area (Å²) < 4.78 is 6.87. The van der Waals surface area contributed by atoms with E-state index in [0.29, 0.717) is 0 Å². The molecule has 1 aromatic carbocycles. The molecule has 0 saturated carbocycles. The Hall–Kier alpha value is -1.77. The average Bonchev–Trinajstić information content (AvgIpc) is 2.69. The SMILES string of the molecule is COc1ccc2c(ccn2C(=O)C(C)(C)C)c1. The highest BCUT2D eigenvalue weighted by molar-refractivity contribution is 5.95. The van der Waals surface area contributed by atoms with Crippen LogP contribution in [0.2, 0.25) is 0 Å². The van der Waals surface area contributed by atoms with Gasteiger partial charge in [0.1, 0.15) is 5.75 Å². The van der Waals surface area contributed by atoms with Gasteiger partial charge in [0.2, 0.25) is 5.91 Å². The summed E-state index contributed by atoms with van der Waals surface area (Å²) in [5, 5.41) is 1.02. The van der Waals surface area contributed by atoms with Crippen LogP contribution in [0.1, 0.15) is 25.6 Å². The van der Waals surface area contributed by atoms with E-state index in [-0.39, 0.29) is 11.3 Å². The number of benzene rings is 1. The van der Waals surface area contributed by atoms with E-state index in [4.69, 9.17) is 4.74 Å². The summed E-state index contributed by atoms with van der Waals surface area (Å²) in [6, 6.07) is 7.65. The zero-order valence-electron chi connectivity index (χ0n) is 10.7. The van der Waals surface area contributed by atoms with Gasteiger partial charge in [-0.3, -0.25) is 9.36 Å². The standard InChI is InChI=1S/C14H17NO2/c1-14(2,3)13(16)15-8-7-10-9-11(17-4)5-6-12(10)15/h5-9H,1-4H3. The molecule has 0 aliphatic rings. The summed E-state index contributed by atoms with van der Waals surface area (Å²) in [4.78, 5) is 12.2. The Labute approximate surface area is 101 Å². The molecule has 0 aliphatic carbocycles. The van der Waals surface area contributed by atoms with Crippen molar-refractivity contribution in [1.29, 1.82) is 0 Å². The molecule has 0 saturated heterocycles. The van der Waals surface area contributed by atoms with Crippen LogP contribution in [0.3, 0.4) is 0 Å². The van der Waals surface area contributed by atoms with Crippen molar-refractivity contribution in [3.05, 3.63) is 30.5 Å². The first-order chi connectivity index (χ1) is 7.93. The van der Waals surface area contributed by atoms with E-state index in [9.17, 15) is 4.79 Å². The lowest BCUT2D eigenvalue weighted by atomic mass is 9.95. The van der Waals surface area contributed by atoms with Crippen LogP contribution in [0.25, 0.3) is 10.9 Å². The molecule has 0 N–H and O–H groups in total. The summed E-state index contributed by atoms with van der Waals surface area (Å²) in [5.74, 6) is 0.899. The van der Waals surface area contributed by atoms with Crippen LogP contribution in [0, 0.1) is 5.41 Å². The van der Waals surface area contributed by atoms with Gasteiger partial charge in [-0.15, -0.1) is 0 Å². The Bertz CT molecular complexity index is 561. The van der Waals surface area contributed by atoms with Gasteiger partial charge in [0.25, 0.3) is 0 Å². The quantitative estimate of drug-likeness (QED) is 0.753. The Morgan fingerprint density at radius 3 is 2.53 bits per heavy atom. The van der Waals surface area contributed by atoms with Crippen molar-refractivity contribution in [2.45, 2.75) is 20.8 Å². The maximum absolute atomic E-state index is 12.2. The smallest absolute Gasteiger partial charge is 0.236 e. The Kier molecular flexibility index (Phi) is 2.69. The van der Waals surface area contributed by atoms with Crippen molar-refractivity contribution in [3.63, 3.8) is 0 Å². The van der Waals surface area contributed by atoms with E-state index in [0.717, 1.165) is 16.7 Å². The molecule has 0 fully saturated rings. The second kappa shape index (κ2) is 3.91. The summed E-state index contributed by atoms with van der Waals surface area (Å²) in [7, 11) is 1.64. The Balaban J connectivity index is 2.54. The molecule has 0 spiro atoms. The molecule has 0 aliphatic heterocycles. The lowest BCUT2D eigenvalue weighted by molar-refractivity contribution is 0.0772. The number of carbonyl (C=O) groups is 1. The third kappa shape index (κ3) is 2.05. The lowest BCUT2D eigenvalue weighted by Crippen LogP contribution is -2.25. The molecule has 1 aromatic heterocycles.